The lowest BCUT2D eigenvalue weighted by molar-refractivity contribution is -0.384. The van der Waals surface area contributed by atoms with Gasteiger partial charge in [-0.3, -0.25) is 10.1 Å². The van der Waals surface area contributed by atoms with Crippen LogP contribution in [0.5, 0.6) is 0 Å². The summed E-state index contributed by atoms with van der Waals surface area (Å²) < 4.78 is 13.5. The van der Waals surface area contributed by atoms with Gasteiger partial charge in [0.05, 0.1) is 4.92 Å². The van der Waals surface area contributed by atoms with Crippen LogP contribution in [0.4, 0.5) is 15.8 Å². The summed E-state index contributed by atoms with van der Waals surface area (Å²) in [5, 5.41) is 22.4. The molecule has 2 N–H and O–H groups in total. The zero-order chi connectivity index (χ0) is 13.4. The standard InChI is InChI=1S/C11H11FN2O4/c1-5-2-8(5)13-9-4-7(12)6(11(15)16)3-10(9)14(17)18/h3-5,8,13H,2H2,1H3,(H,15,16). The van der Waals surface area contributed by atoms with Crippen LogP contribution in [0, 0.1) is 21.8 Å². The van der Waals surface area contributed by atoms with Crippen LogP contribution in [-0.2, 0) is 0 Å². The first-order chi connectivity index (χ1) is 8.40. The van der Waals surface area contributed by atoms with E-state index in [0.29, 0.717) is 5.92 Å². The number of nitro groups is 1. The van der Waals surface area contributed by atoms with E-state index in [1.165, 1.54) is 0 Å². The van der Waals surface area contributed by atoms with E-state index in [0.717, 1.165) is 18.6 Å². The highest BCUT2D eigenvalue weighted by atomic mass is 19.1. The van der Waals surface area contributed by atoms with Crippen molar-refractivity contribution in [3.8, 4) is 0 Å². The maximum Gasteiger partial charge on any atom is 0.338 e. The fraction of sp³-hybridized carbons (Fsp3) is 0.364. The summed E-state index contributed by atoms with van der Waals surface area (Å²) >= 11 is 0. The van der Waals surface area contributed by atoms with Crippen molar-refractivity contribution < 1.29 is 19.2 Å². The Morgan fingerprint density at radius 3 is 2.67 bits per heavy atom. The fourth-order valence-corrected chi connectivity index (χ4v) is 1.72. The zero-order valence-electron chi connectivity index (χ0n) is 9.51. The lowest BCUT2D eigenvalue weighted by Gasteiger charge is -2.07. The maximum atomic E-state index is 13.5. The van der Waals surface area contributed by atoms with Crippen LogP contribution < -0.4 is 5.32 Å². The van der Waals surface area contributed by atoms with Crippen LogP contribution in [-0.4, -0.2) is 22.0 Å². The van der Waals surface area contributed by atoms with E-state index >= 15 is 0 Å². The molecule has 1 saturated carbocycles. The quantitative estimate of drug-likeness (QED) is 0.635. The van der Waals surface area contributed by atoms with Crippen molar-refractivity contribution in [3.05, 3.63) is 33.6 Å². The smallest absolute Gasteiger partial charge is 0.338 e. The number of carbonyl (C=O) groups is 1. The second-order valence-corrected chi connectivity index (χ2v) is 4.38. The van der Waals surface area contributed by atoms with Gasteiger partial charge in [-0.05, 0) is 12.3 Å². The number of halogens is 1. The molecular weight excluding hydrogens is 243 g/mol. The Morgan fingerprint density at radius 1 is 1.61 bits per heavy atom. The molecule has 0 spiro atoms. The van der Waals surface area contributed by atoms with Crippen LogP contribution in [0.3, 0.4) is 0 Å². The lowest BCUT2D eigenvalue weighted by Crippen LogP contribution is -2.09. The van der Waals surface area contributed by atoms with E-state index in [1.54, 1.807) is 0 Å². The zero-order valence-corrected chi connectivity index (χ0v) is 9.51. The highest BCUT2D eigenvalue weighted by Gasteiger charge is 2.34. The molecule has 1 fully saturated rings. The topological polar surface area (TPSA) is 92.5 Å². The van der Waals surface area contributed by atoms with E-state index in [-0.39, 0.29) is 11.7 Å². The third-order valence-electron chi connectivity index (χ3n) is 2.96. The molecule has 0 amide bonds. The Morgan fingerprint density at radius 2 is 2.22 bits per heavy atom. The van der Waals surface area contributed by atoms with Gasteiger partial charge >= 0.3 is 5.97 Å². The SMILES string of the molecule is CC1CC1Nc1cc(F)c(C(=O)O)cc1[N+](=O)[O-]. The number of nitro benzene ring substituents is 1. The Hall–Kier alpha value is -2.18. The molecule has 0 radical (unpaired) electrons. The molecule has 0 aromatic heterocycles. The van der Waals surface area contributed by atoms with Crippen molar-refractivity contribution in [1.29, 1.82) is 0 Å². The van der Waals surface area contributed by atoms with Gasteiger partial charge in [0.15, 0.2) is 0 Å². The molecule has 1 aromatic carbocycles. The first kappa shape index (κ1) is 12.3. The van der Waals surface area contributed by atoms with Gasteiger partial charge < -0.3 is 10.4 Å². The number of hydrogen-bond acceptors (Lipinski definition) is 4. The molecule has 0 saturated heterocycles. The van der Waals surface area contributed by atoms with Gasteiger partial charge in [0.25, 0.3) is 5.69 Å². The average molecular weight is 254 g/mol. The van der Waals surface area contributed by atoms with Crippen molar-refractivity contribution in [2.45, 2.75) is 19.4 Å². The third-order valence-corrected chi connectivity index (χ3v) is 2.96. The summed E-state index contributed by atoms with van der Waals surface area (Å²) in [4.78, 5) is 20.8. The molecule has 0 bridgehead atoms. The summed E-state index contributed by atoms with van der Waals surface area (Å²) in [6, 6.07) is 1.69. The number of nitrogens with one attached hydrogen (secondary N) is 1. The van der Waals surface area contributed by atoms with Crippen molar-refractivity contribution >= 4 is 17.3 Å². The van der Waals surface area contributed by atoms with Gasteiger partial charge in [0.2, 0.25) is 0 Å². The summed E-state index contributed by atoms with van der Waals surface area (Å²) in [6.45, 7) is 1.96. The van der Waals surface area contributed by atoms with E-state index in [9.17, 15) is 19.3 Å². The maximum absolute atomic E-state index is 13.5. The first-order valence-electron chi connectivity index (χ1n) is 5.38. The number of benzene rings is 1. The minimum atomic E-state index is -1.53. The lowest BCUT2D eigenvalue weighted by atomic mass is 10.1. The molecule has 1 aliphatic rings. The van der Waals surface area contributed by atoms with Crippen molar-refractivity contribution in [2.75, 3.05) is 5.32 Å². The molecule has 0 heterocycles. The minimum absolute atomic E-state index is 0.0249. The Bertz CT molecular complexity index is 532. The van der Waals surface area contributed by atoms with Crippen LogP contribution >= 0.6 is 0 Å². The highest BCUT2D eigenvalue weighted by molar-refractivity contribution is 5.90. The van der Waals surface area contributed by atoms with E-state index in [2.05, 4.69) is 5.32 Å². The summed E-state index contributed by atoms with van der Waals surface area (Å²) in [6.07, 6.45) is 0.861. The van der Waals surface area contributed by atoms with Gasteiger partial charge in [0.1, 0.15) is 17.1 Å². The van der Waals surface area contributed by atoms with Gasteiger partial charge in [0, 0.05) is 18.2 Å². The van der Waals surface area contributed by atoms with E-state index in [1.807, 2.05) is 6.92 Å². The van der Waals surface area contributed by atoms with Gasteiger partial charge in [-0.2, -0.15) is 0 Å². The number of anilines is 1. The largest absolute Gasteiger partial charge is 0.478 e. The van der Waals surface area contributed by atoms with Gasteiger partial charge in [-0.15, -0.1) is 0 Å². The molecule has 96 valence electrons. The molecule has 1 aromatic rings. The monoisotopic (exact) mass is 254 g/mol. The summed E-state index contributed by atoms with van der Waals surface area (Å²) in [5.74, 6) is -2.13. The van der Waals surface area contributed by atoms with Crippen LogP contribution in [0.1, 0.15) is 23.7 Å². The van der Waals surface area contributed by atoms with E-state index in [4.69, 9.17) is 5.11 Å². The predicted octanol–water partition coefficient (Wildman–Crippen LogP) is 2.25. The highest BCUT2D eigenvalue weighted by Crippen LogP contribution is 2.36. The number of rotatable bonds is 4. The van der Waals surface area contributed by atoms with Crippen LogP contribution in [0.15, 0.2) is 12.1 Å². The molecular formula is C11H11FN2O4. The van der Waals surface area contributed by atoms with E-state index < -0.39 is 28.0 Å². The second kappa shape index (κ2) is 4.25. The summed E-state index contributed by atoms with van der Waals surface area (Å²) in [7, 11) is 0. The minimum Gasteiger partial charge on any atom is -0.478 e. The molecule has 2 unspecified atom stereocenters. The van der Waals surface area contributed by atoms with Gasteiger partial charge in [-0.1, -0.05) is 6.92 Å². The van der Waals surface area contributed by atoms with Crippen molar-refractivity contribution in [2.24, 2.45) is 5.92 Å². The predicted molar refractivity (Wildman–Crippen MR) is 61.2 cm³/mol. The Kier molecular flexibility index (Phi) is 2.90. The normalized spacial score (nSPS) is 21.4. The van der Waals surface area contributed by atoms with Crippen molar-refractivity contribution in [3.63, 3.8) is 0 Å². The second-order valence-electron chi connectivity index (χ2n) is 4.38. The molecule has 2 atom stereocenters. The van der Waals surface area contributed by atoms with Gasteiger partial charge in [-0.25, -0.2) is 9.18 Å². The summed E-state index contributed by atoms with van der Waals surface area (Å²) in [5.41, 5.74) is -1.10. The fourth-order valence-electron chi connectivity index (χ4n) is 1.72. The molecule has 7 heteroatoms. The van der Waals surface area contributed by atoms with Crippen LogP contribution in [0.2, 0.25) is 0 Å². The number of nitrogens with zero attached hydrogens (tertiary/aromatic N) is 1. The Balaban J connectivity index is 2.41. The first-order valence-corrected chi connectivity index (χ1v) is 5.38. The number of aromatic carboxylic acids is 1. The molecule has 18 heavy (non-hydrogen) atoms. The number of carboxylic acids is 1. The molecule has 0 aliphatic heterocycles. The average Bonchev–Trinajstić information content (AvgIpc) is 2.93. The number of carboxylic acid groups (broad SMARTS) is 1. The van der Waals surface area contributed by atoms with Crippen molar-refractivity contribution in [1.82, 2.24) is 0 Å². The molecule has 6 nitrogen and oxygen atoms in total. The Labute approximate surface area is 102 Å². The molecule has 2 rings (SSSR count). The third kappa shape index (κ3) is 2.24. The molecule has 1 aliphatic carbocycles. The van der Waals surface area contributed by atoms with Crippen LogP contribution in [0.25, 0.3) is 0 Å². The number of hydrogen-bond donors (Lipinski definition) is 2.